The van der Waals surface area contributed by atoms with Crippen molar-refractivity contribution in [2.45, 2.75) is 6.42 Å². The molecular weight excluding hydrogens is 538 g/mol. The number of hydrogen-bond donors (Lipinski definition) is 0. The molecule has 0 aromatic heterocycles. The summed E-state index contributed by atoms with van der Waals surface area (Å²) in [6.45, 7) is -0.332. The van der Waals surface area contributed by atoms with Gasteiger partial charge in [-0.3, -0.25) is 14.4 Å². The number of ketones is 1. The highest BCUT2D eigenvalue weighted by molar-refractivity contribution is 9.10. The molecule has 0 radical (unpaired) electrons. The van der Waals surface area contributed by atoms with Crippen LogP contribution in [0.5, 0.6) is 5.75 Å². The monoisotopic (exact) mass is 555 g/mol. The van der Waals surface area contributed by atoms with Crippen molar-refractivity contribution in [1.82, 2.24) is 0 Å². The van der Waals surface area contributed by atoms with E-state index in [4.69, 9.17) is 21.1 Å². The number of carbonyl (C=O) groups excluding carboxylic acids is 4. The normalized spacial score (nSPS) is 15.1. The fraction of sp³-hybridized carbons (Fsp3) is 0.154. The molecule has 35 heavy (non-hydrogen) atoms. The zero-order chi connectivity index (χ0) is 24.9. The summed E-state index contributed by atoms with van der Waals surface area (Å²) in [5.41, 5.74) is 1.21. The summed E-state index contributed by atoms with van der Waals surface area (Å²) in [4.78, 5) is 51.0. The third-order valence-electron chi connectivity index (χ3n) is 5.41. The van der Waals surface area contributed by atoms with E-state index in [0.29, 0.717) is 21.8 Å². The maximum Gasteiger partial charge on any atom is 0.343 e. The molecule has 1 saturated heterocycles. The molecule has 9 heteroatoms. The summed E-state index contributed by atoms with van der Waals surface area (Å²) >= 11 is 9.46. The molecule has 178 valence electrons. The Bertz CT molecular complexity index is 1280. The summed E-state index contributed by atoms with van der Waals surface area (Å²) in [6, 6.07) is 19.6. The zero-order valence-corrected chi connectivity index (χ0v) is 20.6. The molecule has 0 aliphatic carbocycles. The third-order valence-corrected chi connectivity index (χ3v) is 6.26. The van der Waals surface area contributed by atoms with Crippen LogP contribution in [0, 0.1) is 5.92 Å². The van der Waals surface area contributed by atoms with Crippen molar-refractivity contribution in [3.63, 3.8) is 0 Å². The quantitative estimate of drug-likeness (QED) is 0.229. The SMILES string of the molecule is O=C(COC(=O)[C@H]1CC(=O)N(c2ccccc2Cl)C1)c1ccc(OC(=O)c2ccc(Br)cc2)cc1. The fourth-order valence-electron chi connectivity index (χ4n) is 3.57. The number of Topliss-reactive ketones (excluding diaryl/α,β-unsaturated/α-hetero) is 1. The number of hydrogen-bond acceptors (Lipinski definition) is 6. The second-order valence-electron chi connectivity index (χ2n) is 7.81. The van der Waals surface area contributed by atoms with Gasteiger partial charge in [0.05, 0.1) is 22.2 Å². The van der Waals surface area contributed by atoms with Crippen LogP contribution >= 0.6 is 27.5 Å². The predicted octanol–water partition coefficient (Wildman–Crippen LogP) is 5.10. The first-order chi connectivity index (χ1) is 16.8. The van der Waals surface area contributed by atoms with E-state index in [1.54, 1.807) is 48.5 Å². The van der Waals surface area contributed by atoms with Gasteiger partial charge >= 0.3 is 11.9 Å². The Labute approximate surface area is 214 Å². The van der Waals surface area contributed by atoms with Crippen molar-refractivity contribution in [2.75, 3.05) is 18.1 Å². The molecular formula is C26H19BrClNO6. The number of nitrogens with zero attached hydrogens (tertiary/aromatic N) is 1. The summed E-state index contributed by atoms with van der Waals surface area (Å²) < 4.78 is 11.3. The number of rotatable bonds is 7. The second kappa shape index (κ2) is 10.8. The van der Waals surface area contributed by atoms with E-state index in [2.05, 4.69) is 15.9 Å². The highest BCUT2D eigenvalue weighted by Gasteiger charge is 2.37. The van der Waals surface area contributed by atoms with Crippen molar-refractivity contribution in [2.24, 2.45) is 5.92 Å². The van der Waals surface area contributed by atoms with Crippen molar-refractivity contribution in [3.05, 3.63) is 93.4 Å². The van der Waals surface area contributed by atoms with Crippen LogP contribution in [-0.4, -0.2) is 36.8 Å². The van der Waals surface area contributed by atoms with E-state index in [0.717, 1.165) is 4.47 Å². The molecule has 0 bridgehead atoms. The van der Waals surface area contributed by atoms with E-state index in [-0.39, 0.29) is 24.6 Å². The lowest BCUT2D eigenvalue weighted by Crippen LogP contribution is -2.27. The van der Waals surface area contributed by atoms with Crippen molar-refractivity contribution < 1.29 is 28.7 Å². The Balaban J connectivity index is 1.29. The molecule has 3 aromatic rings. The Morgan fingerprint density at radius 2 is 1.60 bits per heavy atom. The van der Waals surface area contributed by atoms with Crippen LogP contribution in [0.1, 0.15) is 27.1 Å². The van der Waals surface area contributed by atoms with Crippen LogP contribution in [-0.2, 0) is 14.3 Å². The molecule has 0 saturated carbocycles. The molecule has 1 aliphatic rings. The van der Waals surface area contributed by atoms with Gasteiger partial charge in [-0.15, -0.1) is 0 Å². The summed E-state index contributed by atoms with van der Waals surface area (Å²) in [7, 11) is 0. The lowest BCUT2D eigenvalue weighted by molar-refractivity contribution is -0.147. The summed E-state index contributed by atoms with van der Waals surface area (Å²) in [6.07, 6.45) is -0.0172. The highest BCUT2D eigenvalue weighted by atomic mass is 79.9. The summed E-state index contributed by atoms with van der Waals surface area (Å²) in [5.74, 6) is -2.22. The molecule has 4 rings (SSSR count). The van der Waals surface area contributed by atoms with Gasteiger partial charge in [0.25, 0.3) is 0 Å². The van der Waals surface area contributed by atoms with Gasteiger partial charge in [-0.2, -0.15) is 0 Å². The first-order valence-electron chi connectivity index (χ1n) is 10.6. The first kappa shape index (κ1) is 24.6. The third kappa shape index (κ3) is 5.96. The first-order valence-corrected chi connectivity index (χ1v) is 11.8. The molecule has 1 aliphatic heterocycles. The molecule has 3 aromatic carbocycles. The van der Waals surface area contributed by atoms with Gasteiger partial charge in [-0.1, -0.05) is 39.7 Å². The second-order valence-corrected chi connectivity index (χ2v) is 9.13. The molecule has 1 fully saturated rings. The van der Waals surface area contributed by atoms with E-state index >= 15 is 0 Å². The average molecular weight is 557 g/mol. The van der Waals surface area contributed by atoms with Crippen LogP contribution in [0.15, 0.2) is 77.3 Å². The van der Waals surface area contributed by atoms with Crippen molar-refractivity contribution in [1.29, 1.82) is 0 Å². The number of ether oxygens (including phenoxy) is 2. The van der Waals surface area contributed by atoms with Gasteiger partial charge in [0.1, 0.15) is 5.75 Å². The predicted molar refractivity (Wildman–Crippen MR) is 133 cm³/mol. The minimum absolute atomic E-state index is 0.0172. The standard InChI is InChI=1S/C26H19BrClNO6/c27-19-9-5-17(6-10-19)26(33)35-20-11-7-16(8-12-20)23(30)15-34-25(32)18-13-24(31)29(14-18)22-4-2-1-3-21(22)28/h1-12,18H,13-15H2/t18-/m0/s1. The van der Waals surface area contributed by atoms with E-state index in [9.17, 15) is 19.2 Å². The number of carbonyl (C=O) groups is 4. The molecule has 0 N–H and O–H groups in total. The lowest BCUT2D eigenvalue weighted by Gasteiger charge is -2.17. The van der Waals surface area contributed by atoms with Gasteiger partial charge < -0.3 is 14.4 Å². The number of benzene rings is 3. The van der Waals surface area contributed by atoms with E-state index in [1.165, 1.54) is 29.2 Å². The van der Waals surface area contributed by atoms with E-state index in [1.807, 2.05) is 0 Å². The van der Waals surface area contributed by atoms with Gasteiger partial charge in [-0.25, -0.2) is 4.79 Å². The molecule has 1 amide bonds. The van der Waals surface area contributed by atoms with Gasteiger partial charge in [-0.05, 0) is 60.7 Å². The Hall–Kier alpha value is -3.49. The minimum Gasteiger partial charge on any atom is -0.457 e. The van der Waals surface area contributed by atoms with Crippen molar-refractivity contribution >= 4 is 56.8 Å². The van der Waals surface area contributed by atoms with Gasteiger partial charge in [0, 0.05) is 23.0 Å². The fourth-order valence-corrected chi connectivity index (χ4v) is 4.07. The maximum atomic E-state index is 12.5. The largest absolute Gasteiger partial charge is 0.457 e. The number of para-hydroxylation sites is 1. The van der Waals surface area contributed by atoms with Crippen LogP contribution < -0.4 is 9.64 Å². The zero-order valence-electron chi connectivity index (χ0n) is 18.3. The lowest BCUT2D eigenvalue weighted by atomic mass is 10.1. The number of amides is 1. The van der Waals surface area contributed by atoms with Gasteiger partial charge in [0.15, 0.2) is 12.4 Å². The number of anilines is 1. The molecule has 1 atom stereocenters. The van der Waals surface area contributed by atoms with E-state index < -0.39 is 30.2 Å². The average Bonchev–Trinajstić information content (AvgIpc) is 3.25. The minimum atomic E-state index is -0.688. The molecule has 0 spiro atoms. The highest BCUT2D eigenvalue weighted by Crippen LogP contribution is 2.31. The van der Waals surface area contributed by atoms with Crippen LogP contribution in [0.3, 0.4) is 0 Å². The van der Waals surface area contributed by atoms with Gasteiger partial charge in [0.2, 0.25) is 5.91 Å². The Morgan fingerprint density at radius 3 is 2.29 bits per heavy atom. The summed E-state index contributed by atoms with van der Waals surface area (Å²) in [5, 5.41) is 0.413. The van der Waals surface area contributed by atoms with Crippen molar-refractivity contribution in [3.8, 4) is 5.75 Å². The van der Waals surface area contributed by atoms with Crippen LogP contribution in [0.2, 0.25) is 5.02 Å². The number of halogens is 2. The molecule has 7 nitrogen and oxygen atoms in total. The smallest absolute Gasteiger partial charge is 0.343 e. The van der Waals surface area contributed by atoms with Crippen LogP contribution in [0.4, 0.5) is 5.69 Å². The Morgan fingerprint density at radius 1 is 0.943 bits per heavy atom. The number of esters is 2. The topological polar surface area (TPSA) is 90.0 Å². The maximum absolute atomic E-state index is 12.5. The van der Waals surface area contributed by atoms with Crippen LogP contribution in [0.25, 0.3) is 0 Å². The molecule has 0 unspecified atom stereocenters. The molecule has 1 heterocycles. The Kier molecular flexibility index (Phi) is 7.63.